The number of aliphatic hydroxyl groups excluding tert-OH is 1. The van der Waals surface area contributed by atoms with Gasteiger partial charge in [0.05, 0.1) is 25.5 Å². The molecule has 2 amide bonds. The maximum absolute atomic E-state index is 13.2. The van der Waals surface area contributed by atoms with Gasteiger partial charge in [0, 0.05) is 48.9 Å². The average Bonchev–Trinajstić information content (AvgIpc) is 3.47. The highest BCUT2D eigenvalue weighted by Gasteiger charge is 2.51. The molecule has 9 heteroatoms. The van der Waals surface area contributed by atoms with Crippen LogP contribution in [-0.4, -0.2) is 59.8 Å². The molecule has 254 valence electrons. The molecular formula is C40H44N4O5. The van der Waals surface area contributed by atoms with Gasteiger partial charge < -0.3 is 35.0 Å². The van der Waals surface area contributed by atoms with Crippen molar-refractivity contribution in [2.45, 2.75) is 57.0 Å². The lowest BCUT2D eigenvalue weighted by molar-refractivity contribution is -0.276. The second-order valence-corrected chi connectivity index (χ2v) is 13.4. The third-order valence-corrected chi connectivity index (χ3v) is 10.4. The molecule has 4 aromatic carbocycles. The molecule has 3 fully saturated rings. The number of likely N-dealkylation sites (tertiary alicyclic amines) is 1. The number of piperidine rings is 1. The van der Waals surface area contributed by atoms with Crippen LogP contribution >= 0.6 is 0 Å². The fourth-order valence-electron chi connectivity index (χ4n) is 7.39. The summed E-state index contributed by atoms with van der Waals surface area (Å²) in [4.78, 5) is 30.5. The number of amides is 2. The van der Waals surface area contributed by atoms with Crippen LogP contribution in [-0.2, 0) is 27.4 Å². The number of para-hydroxylation sites is 1. The highest BCUT2D eigenvalue weighted by atomic mass is 16.7. The van der Waals surface area contributed by atoms with E-state index in [2.05, 4.69) is 39.5 Å². The lowest BCUT2D eigenvalue weighted by Gasteiger charge is -2.46. The molecular weight excluding hydrogens is 616 g/mol. The first kappa shape index (κ1) is 33.0. The molecule has 49 heavy (non-hydrogen) atoms. The van der Waals surface area contributed by atoms with Crippen molar-refractivity contribution >= 4 is 17.5 Å². The molecule has 3 N–H and O–H groups in total. The predicted octanol–water partition coefficient (Wildman–Crippen LogP) is 5.33. The van der Waals surface area contributed by atoms with Crippen molar-refractivity contribution in [1.82, 2.24) is 15.5 Å². The van der Waals surface area contributed by atoms with Gasteiger partial charge in [0.1, 0.15) is 5.54 Å². The molecule has 4 unspecified atom stereocenters. The van der Waals surface area contributed by atoms with Gasteiger partial charge in [-0.3, -0.25) is 9.59 Å². The summed E-state index contributed by atoms with van der Waals surface area (Å²) in [5.41, 5.74) is 4.94. The average molecular weight is 661 g/mol. The molecule has 3 heterocycles. The number of aliphatic hydroxyl groups is 1. The van der Waals surface area contributed by atoms with E-state index in [1.165, 1.54) is 0 Å². The molecule has 0 aliphatic carbocycles. The second-order valence-electron chi connectivity index (χ2n) is 13.4. The lowest BCUT2D eigenvalue weighted by Crippen LogP contribution is -2.57. The smallest absolute Gasteiger partial charge is 0.251 e. The number of rotatable bonds is 9. The van der Waals surface area contributed by atoms with Crippen molar-refractivity contribution in [3.05, 3.63) is 137 Å². The number of ether oxygens (including phenoxy) is 2. The molecule has 4 atom stereocenters. The van der Waals surface area contributed by atoms with Crippen LogP contribution in [0.3, 0.4) is 0 Å². The second kappa shape index (κ2) is 14.5. The van der Waals surface area contributed by atoms with Crippen molar-refractivity contribution in [3.63, 3.8) is 0 Å². The number of benzene rings is 4. The van der Waals surface area contributed by atoms with Crippen LogP contribution in [0.4, 0.5) is 5.69 Å². The van der Waals surface area contributed by atoms with E-state index >= 15 is 0 Å². The van der Waals surface area contributed by atoms with E-state index in [4.69, 9.17) is 9.47 Å². The minimum Gasteiger partial charge on any atom is -0.392 e. The van der Waals surface area contributed by atoms with E-state index in [1.807, 2.05) is 84.9 Å². The topological polar surface area (TPSA) is 103 Å². The molecule has 4 aromatic rings. The largest absolute Gasteiger partial charge is 0.392 e. The van der Waals surface area contributed by atoms with Crippen molar-refractivity contribution < 1.29 is 24.2 Å². The molecule has 0 saturated carbocycles. The molecule has 0 bridgehead atoms. The van der Waals surface area contributed by atoms with Gasteiger partial charge in [-0.2, -0.15) is 0 Å². The summed E-state index contributed by atoms with van der Waals surface area (Å²) in [6.07, 6.45) is 0.558. The Balaban J connectivity index is 1.05. The van der Waals surface area contributed by atoms with Crippen LogP contribution in [0, 0.1) is 5.92 Å². The van der Waals surface area contributed by atoms with Crippen LogP contribution in [0.2, 0.25) is 0 Å². The first-order chi connectivity index (χ1) is 23.9. The van der Waals surface area contributed by atoms with E-state index < -0.39 is 11.8 Å². The Hall–Kier alpha value is -4.54. The van der Waals surface area contributed by atoms with Gasteiger partial charge >= 0.3 is 0 Å². The normalized spacial score (nSPS) is 23.7. The first-order valence-corrected chi connectivity index (χ1v) is 17.2. The van der Waals surface area contributed by atoms with Crippen LogP contribution in [0.5, 0.6) is 0 Å². The first-order valence-electron chi connectivity index (χ1n) is 17.2. The summed E-state index contributed by atoms with van der Waals surface area (Å²) in [7, 11) is 0. The van der Waals surface area contributed by atoms with E-state index in [0.29, 0.717) is 18.8 Å². The van der Waals surface area contributed by atoms with E-state index in [-0.39, 0.29) is 36.5 Å². The molecule has 1 spiro atoms. The number of nitrogens with zero attached hydrogens (tertiary/aromatic N) is 2. The third kappa shape index (κ3) is 6.98. The fraction of sp³-hybridized carbons (Fsp3) is 0.350. The van der Waals surface area contributed by atoms with Gasteiger partial charge in [0.15, 0.2) is 6.29 Å². The van der Waals surface area contributed by atoms with Gasteiger partial charge in [-0.05, 0) is 53.8 Å². The summed E-state index contributed by atoms with van der Waals surface area (Å²) in [5, 5.41) is 15.7. The Morgan fingerprint density at radius 2 is 1.49 bits per heavy atom. The van der Waals surface area contributed by atoms with E-state index in [0.717, 1.165) is 60.4 Å². The van der Waals surface area contributed by atoms with Crippen LogP contribution in [0.15, 0.2) is 109 Å². The van der Waals surface area contributed by atoms with Gasteiger partial charge in [-0.15, -0.1) is 0 Å². The van der Waals surface area contributed by atoms with Crippen LogP contribution < -0.4 is 15.5 Å². The number of hydrogen-bond acceptors (Lipinski definition) is 7. The van der Waals surface area contributed by atoms with Crippen molar-refractivity contribution in [2.24, 2.45) is 5.92 Å². The number of hydrogen-bond donors (Lipinski definition) is 3. The van der Waals surface area contributed by atoms with Gasteiger partial charge in [0.2, 0.25) is 5.91 Å². The zero-order chi connectivity index (χ0) is 33.8. The minimum atomic E-state index is -0.581. The van der Waals surface area contributed by atoms with Gasteiger partial charge in [-0.1, -0.05) is 91.9 Å². The van der Waals surface area contributed by atoms with Crippen molar-refractivity contribution in [2.75, 3.05) is 31.2 Å². The fourth-order valence-corrected chi connectivity index (χ4v) is 7.39. The summed E-state index contributed by atoms with van der Waals surface area (Å²) >= 11 is 0. The van der Waals surface area contributed by atoms with Crippen molar-refractivity contribution in [3.8, 4) is 0 Å². The highest BCUT2D eigenvalue weighted by Crippen LogP contribution is 2.43. The Bertz CT molecular complexity index is 1710. The zero-order valence-electron chi connectivity index (χ0n) is 27.8. The molecule has 0 aromatic heterocycles. The number of anilines is 1. The standard InChI is InChI=1S/C40H44N4O5/c1-28-35(25-43-22-20-40(21-23-43)39(47)42-27-44(40)34-10-6-3-7-11-34)48-38(49-36(28)31-16-14-30(26-45)15-17-31)33-18-12-29(13-19-33)24-41-37(46)32-8-4-2-5-9-32/h2-19,28,35-36,38,45H,20-27H2,1H3,(H,41,46)(H,42,47). The number of nitrogens with one attached hydrogen (secondary N) is 2. The predicted molar refractivity (Wildman–Crippen MR) is 187 cm³/mol. The summed E-state index contributed by atoms with van der Waals surface area (Å²) < 4.78 is 13.4. The van der Waals surface area contributed by atoms with Crippen molar-refractivity contribution in [1.29, 1.82) is 0 Å². The Kier molecular flexibility index (Phi) is 9.77. The van der Waals surface area contributed by atoms with Crippen LogP contribution in [0.25, 0.3) is 0 Å². The van der Waals surface area contributed by atoms with E-state index in [1.54, 1.807) is 12.1 Å². The molecule has 7 rings (SSSR count). The monoisotopic (exact) mass is 660 g/mol. The molecule has 0 radical (unpaired) electrons. The Morgan fingerprint density at radius 1 is 0.857 bits per heavy atom. The maximum Gasteiger partial charge on any atom is 0.251 e. The molecule has 3 aliphatic heterocycles. The summed E-state index contributed by atoms with van der Waals surface area (Å²) in [6, 6.07) is 35.4. The number of carbonyl (C=O) groups is 2. The Labute approximate surface area is 287 Å². The quantitative estimate of drug-likeness (QED) is 0.223. The molecule has 9 nitrogen and oxygen atoms in total. The van der Waals surface area contributed by atoms with Crippen LogP contribution in [0.1, 0.15) is 64.8 Å². The van der Waals surface area contributed by atoms with Gasteiger partial charge in [-0.25, -0.2) is 0 Å². The Morgan fingerprint density at radius 3 is 2.16 bits per heavy atom. The molecule has 3 aliphatic rings. The summed E-state index contributed by atoms with van der Waals surface area (Å²) in [5.74, 6) is 0.0527. The SMILES string of the molecule is CC1C(CN2CCC3(CC2)C(=O)NCN3c2ccccc2)OC(c2ccc(CNC(=O)c3ccccc3)cc2)OC1c1ccc(CO)cc1. The number of carbonyl (C=O) groups excluding carboxylic acids is 2. The zero-order valence-corrected chi connectivity index (χ0v) is 27.8. The lowest BCUT2D eigenvalue weighted by atomic mass is 9.84. The molecule has 3 saturated heterocycles. The van der Waals surface area contributed by atoms with Gasteiger partial charge in [0.25, 0.3) is 5.91 Å². The third-order valence-electron chi connectivity index (χ3n) is 10.4. The highest BCUT2D eigenvalue weighted by molar-refractivity contribution is 5.94. The maximum atomic E-state index is 13.2. The minimum absolute atomic E-state index is 0.00988. The summed E-state index contributed by atoms with van der Waals surface area (Å²) in [6.45, 7) is 5.40. The van der Waals surface area contributed by atoms with E-state index in [9.17, 15) is 14.7 Å².